The summed E-state index contributed by atoms with van der Waals surface area (Å²) < 4.78 is 0. The second kappa shape index (κ2) is 5.97. The van der Waals surface area contributed by atoms with Crippen molar-refractivity contribution in [3.63, 3.8) is 0 Å². The zero-order valence-electron chi connectivity index (χ0n) is 11.4. The van der Waals surface area contributed by atoms with Gasteiger partial charge in [0.15, 0.2) is 0 Å². The molecular weight excluding hydrogens is 274 g/mol. The molecule has 0 heterocycles. The molecule has 0 aliphatic carbocycles. The third-order valence-corrected chi connectivity index (χ3v) is 3.34. The van der Waals surface area contributed by atoms with Gasteiger partial charge in [0.2, 0.25) is 0 Å². The van der Waals surface area contributed by atoms with Crippen LogP contribution in [0.25, 0.3) is 0 Å². The minimum Gasteiger partial charge on any atom is -0.478 e. The van der Waals surface area contributed by atoms with Gasteiger partial charge in [0, 0.05) is 18.6 Å². The molecule has 4 heteroatoms. The molecule has 0 aliphatic heterocycles. The second-order valence-corrected chi connectivity index (χ2v) is 5.25. The van der Waals surface area contributed by atoms with E-state index in [-0.39, 0.29) is 0 Å². The van der Waals surface area contributed by atoms with Gasteiger partial charge in [-0.15, -0.1) is 0 Å². The topological polar surface area (TPSA) is 40.5 Å². The number of carbonyl (C=O) groups is 1. The Labute approximate surface area is 123 Å². The summed E-state index contributed by atoms with van der Waals surface area (Å²) >= 11 is 5.96. The lowest BCUT2D eigenvalue weighted by Gasteiger charge is -2.21. The van der Waals surface area contributed by atoms with Crippen LogP contribution in [0.4, 0.5) is 5.69 Å². The van der Waals surface area contributed by atoms with Crippen molar-refractivity contribution in [1.82, 2.24) is 0 Å². The monoisotopic (exact) mass is 289 g/mol. The Hall–Kier alpha value is -2.00. The van der Waals surface area contributed by atoms with Crippen molar-refractivity contribution in [2.75, 3.05) is 11.9 Å². The van der Waals surface area contributed by atoms with E-state index in [1.54, 1.807) is 6.07 Å². The van der Waals surface area contributed by atoms with E-state index < -0.39 is 5.97 Å². The highest BCUT2D eigenvalue weighted by Gasteiger charge is 2.14. The van der Waals surface area contributed by atoms with Crippen molar-refractivity contribution < 1.29 is 9.90 Å². The summed E-state index contributed by atoms with van der Waals surface area (Å²) in [7, 11) is 1.87. The third kappa shape index (κ3) is 3.31. The standard InChI is InChI=1S/C16H16ClNO2/c1-11-6-7-15(14(8-11)16(19)20)18(2)10-12-4-3-5-13(17)9-12/h3-9H,10H2,1-2H3,(H,19,20). The average Bonchev–Trinajstić information content (AvgIpc) is 2.38. The molecule has 0 atom stereocenters. The summed E-state index contributed by atoms with van der Waals surface area (Å²) in [4.78, 5) is 13.2. The average molecular weight is 290 g/mol. The van der Waals surface area contributed by atoms with Crippen LogP contribution in [0.3, 0.4) is 0 Å². The molecule has 0 amide bonds. The van der Waals surface area contributed by atoms with Crippen molar-refractivity contribution >= 4 is 23.3 Å². The molecule has 0 radical (unpaired) electrons. The Balaban J connectivity index is 2.29. The van der Waals surface area contributed by atoms with E-state index >= 15 is 0 Å². The minimum atomic E-state index is -0.915. The number of carboxylic acid groups (broad SMARTS) is 1. The molecule has 2 aromatic rings. The first-order valence-corrected chi connectivity index (χ1v) is 6.64. The van der Waals surface area contributed by atoms with Gasteiger partial charge in [0.1, 0.15) is 0 Å². The van der Waals surface area contributed by atoms with E-state index in [1.165, 1.54) is 0 Å². The zero-order chi connectivity index (χ0) is 14.7. The highest BCUT2D eigenvalue weighted by atomic mass is 35.5. The molecule has 20 heavy (non-hydrogen) atoms. The fourth-order valence-corrected chi connectivity index (χ4v) is 2.36. The summed E-state index contributed by atoms with van der Waals surface area (Å²) in [5.74, 6) is -0.915. The van der Waals surface area contributed by atoms with Crippen LogP contribution in [-0.4, -0.2) is 18.1 Å². The Morgan fingerprint density at radius 2 is 2.00 bits per heavy atom. The van der Waals surface area contributed by atoms with Crippen molar-refractivity contribution in [1.29, 1.82) is 0 Å². The minimum absolute atomic E-state index is 0.314. The van der Waals surface area contributed by atoms with Crippen LogP contribution in [0, 0.1) is 6.92 Å². The number of carboxylic acids is 1. The highest BCUT2D eigenvalue weighted by molar-refractivity contribution is 6.30. The quantitative estimate of drug-likeness (QED) is 0.925. The fraction of sp³-hybridized carbons (Fsp3) is 0.188. The normalized spacial score (nSPS) is 10.3. The molecule has 104 valence electrons. The van der Waals surface area contributed by atoms with Gasteiger partial charge < -0.3 is 10.0 Å². The van der Waals surface area contributed by atoms with Gasteiger partial charge in [-0.3, -0.25) is 0 Å². The molecule has 2 aromatic carbocycles. The van der Waals surface area contributed by atoms with Crippen LogP contribution in [-0.2, 0) is 6.54 Å². The van der Waals surface area contributed by atoms with Crippen molar-refractivity contribution in [2.45, 2.75) is 13.5 Å². The van der Waals surface area contributed by atoms with E-state index in [2.05, 4.69) is 0 Å². The number of halogens is 1. The van der Waals surface area contributed by atoms with Gasteiger partial charge in [0.05, 0.1) is 11.3 Å². The highest BCUT2D eigenvalue weighted by Crippen LogP contribution is 2.23. The van der Waals surface area contributed by atoms with Gasteiger partial charge in [0.25, 0.3) is 0 Å². The maximum absolute atomic E-state index is 11.3. The molecule has 0 fully saturated rings. The molecule has 0 spiro atoms. The molecule has 3 nitrogen and oxygen atoms in total. The lowest BCUT2D eigenvalue weighted by molar-refractivity contribution is 0.0697. The second-order valence-electron chi connectivity index (χ2n) is 4.81. The Kier molecular flexibility index (Phi) is 4.30. The van der Waals surface area contributed by atoms with Crippen LogP contribution >= 0.6 is 11.6 Å². The van der Waals surface area contributed by atoms with Crippen LogP contribution in [0.1, 0.15) is 21.5 Å². The summed E-state index contributed by atoms with van der Waals surface area (Å²) in [5.41, 5.74) is 2.98. The van der Waals surface area contributed by atoms with Crippen molar-refractivity contribution in [3.8, 4) is 0 Å². The van der Waals surface area contributed by atoms with Gasteiger partial charge in [-0.2, -0.15) is 0 Å². The maximum atomic E-state index is 11.3. The van der Waals surface area contributed by atoms with E-state index in [4.69, 9.17) is 11.6 Å². The van der Waals surface area contributed by atoms with E-state index in [0.29, 0.717) is 22.8 Å². The summed E-state index contributed by atoms with van der Waals surface area (Å²) in [6, 6.07) is 13.0. The van der Waals surface area contributed by atoms with Crippen molar-refractivity contribution in [2.24, 2.45) is 0 Å². The molecule has 1 N–H and O–H groups in total. The first-order chi connectivity index (χ1) is 9.47. The zero-order valence-corrected chi connectivity index (χ0v) is 12.2. The summed E-state index contributed by atoms with van der Waals surface area (Å²) in [6.07, 6.45) is 0. The molecule has 0 saturated carbocycles. The number of aromatic carboxylic acids is 1. The fourth-order valence-electron chi connectivity index (χ4n) is 2.15. The maximum Gasteiger partial charge on any atom is 0.337 e. The molecule has 0 aliphatic rings. The first-order valence-electron chi connectivity index (χ1n) is 6.27. The van der Waals surface area contributed by atoms with Gasteiger partial charge in [-0.05, 0) is 36.8 Å². The van der Waals surface area contributed by atoms with Gasteiger partial charge in [-0.25, -0.2) is 4.79 Å². The van der Waals surface area contributed by atoms with Gasteiger partial charge in [-0.1, -0.05) is 35.4 Å². The molecule has 0 unspecified atom stereocenters. The molecule has 0 bridgehead atoms. The van der Waals surface area contributed by atoms with Crippen LogP contribution < -0.4 is 4.90 Å². The number of aryl methyl sites for hydroxylation is 1. The largest absolute Gasteiger partial charge is 0.478 e. The number of hydrogen-bond acceptors (Lipinski definition) is 2. The number of anilines is 1. The molecular formula is C16H16ClNO2. The number of nitrogens with zero attached hydrogens (tertiary/aromatic N) is 1. The predicted octanol–water partition coefficient (Wildman–Crippen LogP) is 3.98. The van der Waals surface area contributed by atoms with E-state index in [0.717, 1.165) is 11.1 Å². The van der Waals surface area contributed by atoms with Crippen LogP contribution in [0.2, 0.25) is 5.02 Å². The SMILES string of the molecule is Cc1ccc(N(C)Cc2cccc(Cl)c2)c(C(=O)O)c1. The third-order valence-electron chi connectivity index (χ3n) is 3.10. The lowest BCUT2D eigenvalue weighted by Crippen LogP contribution is -2.19. The van der Waals surface area contributed by atoms with Gasteiger partial charge >= 0.3 is 5.97 Å². The van der Waals surface area contributed by atoms with E-state index in [1.807, 2.05) is 55.3 Å². The van der Waals surface area contributed by atoms with E-state index in [9.17, 15) is 9.90 Å². The lowest BCUT2D eigenvalue weighted by atomic mass is 10.1. The Morgan fingerprint density at radius 1 is 1.25 bits per heavy atom. The molecule has 0 aromatic heterocycles. The predicted molar refractivity (Wildman–Crippen MR) is 81.7 cm³/mol. The Bertz CT molecular complexity index is 640. The molecule has 2 rings (SSSR count). The van der Waals surface area contributed by atoms with Crippen molar-refractivity contribution in [3.05, 3.63) is 64.2 Å². The Morgan fingerprint density at radius 3 is 2.65 bits per heavy atom. The molecule has 0 saturated heterocycles. The summed E-state index contributed by atoms with van der Waals surface area (Å²) in [5, 5.41) is 9.98. The smallest absolute Gasteiger partial charge is 0.337 e. The first kappa shape index (κ1) is 14.4. The number of hydrogen-bond donors (Lipinski definition) is 1. The van der Waals surface area contributed by atoms with Crippen LogP contribution in [0.5, 0.6) is 0 Å². The number of rotatable bonds is 4. The number of benzene rings is 2. The van der Waals surface area contributed by atoms with Crippen LogP contribution in [0.15, 0.2) is 42.5 Å². The summed E-state index contributed by atoms with van der Waals surface area (Å²) in [6.45, 7) is 2.48.